The predicted molar refractivity (Wildman–Crippen MR) is 133 cm³/mol. The van der Waals surface area contributed by atoms with Gasteiger partial charge in [0.15, 0.2) is 17.3 Å². The van der Waals surface area contributed by atoms with Crippen LogP contribution >= 0.6 is 11.6 Å². The van der Waals surface area contributed by atoms with Crippen molar-refractivity contribution in [1.29, 1.82) is 0 Å². The smallest absolute Gasteiger partial charge is 0.277 e. The Morgan fingerprint density at radius 2 is 2.06 bits per heavy atom. The summed E-state index contributed by atoms with van der Waals surface area (Å²) in [6.07, 6.45) is 16.2. The number of aromatic amines is 1. The zero-order valence-corrected chi connectivity index (χ0v) is 19.8. The van der Waals surface area contributed by atoms with Gasteiger partial charge in [0, 0.05) is 6.42 Å². The number of H-pyrrole nitrogens is 1. The fourth-order valence-corrected chi connectivity index (χ4v) is 3.52. The Kier molecular flexibility index (Phi) is 8.48. The summed E-state index contributed by atoms with van der Waals surface area (Å²) in [7, 11) is 0. The number of imidazole rings is 1. The minimum Gasteiger partial charge on any atom is -0.358 e. The molecule has 4 aromatic rings. The molecule has 4 aromatic heterocycles. The van der Waals surface area contributed by atoms with E-state index >= 15 is 0 Å². The lowest BCUT2D eigenvalue weighted by Crippen LogP contribution is -2.36. The van der Waals surface area contributed by atoms with Crippen LogP contribution in [0.1, 0.15) is 37.0 Å². The van der Waals surface area contributed by atoms with Crippen LogP contribution in [-0.2, 0) is 12.3 Å². The van der Waals surface area contributed by atoms with E-state index in [0.717, 1.165) is 6.20 Å². The fourth-order valence-electron chi connectivity index (χ4n) is 3.25. The number of aromatic nitrogens is 7. The van der Waals surface area contributed by atoms with E-state index < -0.39 is 11.9 Å². The first-order valence-electron chi connectivity index (χ1n) is 10.5. The molecule has 0 aliphatic rings. The highest BCUT2D eigenvalue weighted by Crippen LogP contribution is 2.22. The van der Waals surface area contributed by atoms with Crippen molar-refractivity contribution in [2.45, 2.75) is 32.2 Å². The molecule has 0 aliphatic heterocycles. The summed E-state index contributed by atoms with van der Waals surface area (Å²) in [6.45, 7) is 3.72. The number of hydrogen-bond donors (Lipinski definition) is 3. The van der Waals surface area contributed by atoms with E-state index in [0.29, 0.717) is 40.5 Å². The normalized spacial score (nSPS) is 11.7. The molecule has 0 amide bonds. The molecule has 1 unspecified atom stereocenters. The van der Waals surface area contributed by atoms with E-state index in [4.69, 9.17) is 16.6 Å². The Morgan fingerprint density at radius 3 is 2.74 bits per heavy atom. The number of anilines is 2. The maximum atomic E-state index is 13.4. The van der Waals surface area contributed by atoms with Gasteiger partial charge in [0.2, 0.25) is 0 Å². The molecule has 10 nitrogen and oxygen atoms in total. The van der Waals surface area contributed by atoms with Gasteiger partial charge in [0.25, 0.3) is 5.56 Å². The third kappa shape index (κ3) is 5.62. The van der Waals surface area contributed by atoms with Gasteiger partial charge in [0.05, 0.1) is 35.7 Å². The Hall–Kier alpha value is -4.30. The summed E-state index contributed by atoms with van der Waals surface area (Å²) in [5.74, 6) is 0.637. The maximum absolute atomic E-state index is 13.4. The molecule has 4 heterocycles. The second kappa shape index (κ2) is 11.7. The number of fused-ring (bicyclic) bond motifs is 1. The van der Waals surface area contributed by atoms with Gasteiger partial charge in [-0.25, -0.2) is 34.0 Å². The van der Waals surface area contributed by atoms with Crippen LogP contribution in [0.4, 0.5) is 16.0 Å². The second-order valence-corrected chi connectivity index (χ2v) is 7.37. The van der Waals surface area contributed by atoms with Gasteiger partial charge >= 0.3 is 0 Å². The van der Waals surface area contributed by atoms with E-state index in [1.807, 2.05) is 26.0 Å². The van der Waals surface area contributed by atoms with Crippen LogP contribution in [0.2, 0.25) is 0 Å². The van der Waals surface area contributed by atoms with Gasteiger partial charge in [-0.1, -0.05) is 12.2 Å². The highest BCUT2D eigenvalue weighted by atomic mass is 35.5. The molecule has 0 aromatic carbocycles. The van der Waals surface area contributed by atoms with E-state index in [9.17, 15) is 9.18 Å². The van der Waals surface area contributed by atoms with Gasteiger partial charge in [-0.2, -0.15) is 0 Å². The monoisotopic (exact) mass is 495 g/mol. The number of alkyl halides is 1. The summed E-state index contributed by atoms with van der Waals surface area (Å²) in [4.78, 5) is 37.6. The molecule has 0 fully saturated rings. The van der Waals surface area contributed by atoms with Gasteiger partial charge < -0.3 is 10.3 Å². The molecule has 4 rings (SSSR count). The molecule has 0 bridgehead atoms. The van der Waals surface area contributed by atoms with E-state index in [-0.39, 0.29) is 17.3 Å². The Labute approximate surface area is 205 Å². The quantitative estimate of drug-likeness (QED) is 0.192. The number of terminal acetylenes is 1. The van der Waals surface area contributed by atoms with Crippen molar-refractivity contribution in [1.82, 2.24) is 34.6 Å². The first kappa shape index (κ1) is 25.3. The molecule has 0 saturated carbocycles. The zero-order valence-electron chi connectivity index (χ0n) is 19.0. The molecule has 0 saturated heterocycles. The van der Waals surface area contributed by atoms with Crippen molar-refractivity contribution in [3.8, 4) is 12.8 Å². The minimum atomic E-state index is -0.489. The molecule has 12 heteroatoms. The summed E-state index contributed by atoms with van der Waals surface area (Å²) >= 11 is 6.11. The van der Waals surface area contributed by atoms with Crippen molar-refractivity contribution >= 4 is 34.4 Å². The molecule has 0 radical (unpaired) electrons. The number of halogens is 2. The minimum absolute atomic E-state index is 0.0139. The molecule has 3 N–H and O–H groups in total. The SMILES string of the molecule is C#C.C/C=C\Cc1nc(C(C)Nc2ncnc3nc[nH]c23)n(Nc2ccc(F)cn2)c(=O)c1CCl. The number of nitrogens with one attached hydrogen (secondary N) is 3. The van der Waals surface area contributed by atoms with Crippen LogP contribution < -0.4 is 16.3 Å². The average Bonchev–Trinajstić information content (AvgIpc) is 3.36. The fraction of sp³-hybridized carbons (Fsp3) is 0.217. The van der Waals surface area contributed by atoms with Gasteiger partial charge in [-0.05, 0) is 26.0 Å². The van der Waals surface area contributed by atoms with E-state index in [1.165, 1.54) is 29.5 Å². The molecule has 180 valence electrons. The molecular formula is C23H23ClFN9O. The lowest BCUT2D eigenvalue weighted by Gasteiger charge is -2.22. The van der Waals surface area contributed by atoms with E-state index in [1.54, 1.807) is 0 Å². The lowest BCUT2D eigenvalue weighted by atomic mass is 10.1. The van der Waals surface area contributed by atoms with Crippen molar-refractivity contribution in [2.24, 2.45) is 0 Å². The van der Waals surface area contributed by atoms with Crippen LogP contribution in [0.3, 0.4) is 0 Å². The molecule has 0 aliphatic carbocycles. The Morgan fingerprint density at radius 1 is 1.26 bits per heavy atom. The second-order valence-electron chi connectivity index (χ2n) is 7.11. The Bertz CT molecular complexity index is 1400. The van der Waals surface area contributed by atoms with Crippen LogP contribution in [0, 0.1) is 18.7 Å². The third-order valence-corrected chi connectivity index (χ3v) is 5.15. The predicted octanol–water partition coefficient (Wildman–Crippen LogP) is 3.60. The zero-order chi connectivity index (χ0) is 25.4. The van der Waals surface area contributed by atoms with Crippen LogP contribution in [-0.4, -0.2) is 34.6 Å². The molecule has 1 atom stereocenters. The van der Waals surface area contributed by atoms with Crippen LogP contribution in [0.15, 0.2) is 47.9 Å². The summed E-state index contributed by atoms with van der Waals surface area (Å²) < 4.78 is 14.6. The molecule has 0 spiro atoms. The summed E-state index contributed by atoms with van der Waals surface area (Å²) in [5, 5.41) is 3.25. The highest BCUT2D eigenvalue weighted by Gasteiger charge is 2.21. The van der Waals surface area contributed by atoms with Crippen molar-refractivity contribution < 1.29 is 4.39 Å². The van der Waals surface area contributed by atoms with Crippen LogP contribution in [0.25, 0.3) is 11.2 Å². The highest BCUT2D eigenvalue weighted by molar-refractivity contribution is 6.17. The largest absolute Gasteiger partial charge is 0.358 e. The lowest BCUT2D eigenvalue weighted by molar-refractivity contribution is 0.620. The van der Waals surface area contributed by atoms with Crippen molar-refractivity contribution in [3.63, 3.8) is 0 Å². The van der Waals surface area contributed by atoms with Crippen molar-refractivity contribution in [3.05, 3.63) is 76.4 Å². The van der Waals surface area contributed by atoms with Crippen molar-refractivity contribution in [2.75, 3.05) is 10.7 Å². The first-order chi connectivity index (χ1) is 17.0. The number of hydrogen-bond acceptors (Lipinski definition) is 8. The Balaban J connectivity index is 0.00000167. The summed E-state index contributed by atoms with van der Waals surface area (Å²) in [6, 6.07) is 2.19. The first-order valence-corrected chi connectivity index (χ1v) is 11.0. The standard InChI is InChI=1S/C21H21ClFN9O.C2H2/c1-3-4-5-15-14(8-22)21(33)32(31-16-7-6-13(23)9-24-16)20(30-15)12(2)29-19-17-18(26-10-25-17)27-11-28-19;1-2/h3-4,6-7,9-12H,5,8H2,1-2H3,(H,24,31)(H2,25,26,27,28,29);1-2H/b4-3-;. The van der Waals surface area contributed by atoms with E-state index in [2.05, 4.69) is 48.5 Å². The van der Waals surface area contributed by atoms with Gasteiger partial charge in [0.1, 0.15) is 23.5 Å². The number of pyridine rings is 1. The third-order valence-electron chi connectivity index (χ3n) is 4.89. The summed E-state index contributed by atoms with van der Waals surface area (Å²) in [5.41, 5.74) is 4.60. The topological polar surface area (TPSA) is 126 Å². The molecule has 35 heavy (non-hydrogen) atoms. The number of nitrogens with zero attached hydrogens (tertiary/aromatic N) is 6. The number of allylic oxidation sites excluding steroid dienone is 2. The maximum Gasteiger partial charge on any atom is 0.277 e. The number of rotatable bonds is 8. The molecular weight excluding hydrogens is 473 g/mol. The van der Waals surface area contributed by atoms with Crippen LogP contribution in [0.5, 0.6) is 0 Å². The van der Waals surface area contributed by atoms with Gasteiger partial charge in [-0.15, -0.1) is 24.4 Å². The average molecular weight is 496 g/mol. The van der Waals surface area contributed by atoms with Gasteiger partial charge in [-0.3, -0.25) is 10.2 Å².